The summed E-state index contributed by atoms with van der Waals surface area (Å²) in [7, 11) is 0. The molecule has 25 heavy (non-hydrogen) atoms. The average Bonchev–Trinajstić information content (AvgIpc) is 3.16. The first kappa shape index (κ1) is 22.2. The predicted molar refractivity (Wildman–Crippen MR) is 107 cm³/mol. The molecule has 1 aliphatic heterocycles. The molecule has 5 heteroatoms. The van der Waals surface area contributed by atoms with E-state index in [4.69, 9.17) is 4.74 Å². The average molecular weight is 530 g/mol. The van der Waals surface area contributed by atoms with Crippen molar-refractivity contribution in [3.05, 3.63) is 11.6 Å². The SMILES string of the molecule is CC1(C)C2CC3OC3(C)C1C2.CC1=CCC(CC=O)C1(C)C.[Br][Zn][Br]. The van der Waals surface area contributed by atoms with Gasteiger partial charge in [-0.25, -0.2) is 0 Å². The van der Waals surface area contributed by atoms with Gasteiger partial charge in [0, 0.05) is 6.42 Å². The second-order valence-corrected chi connectivity index (χ2v) is 23.4. The number of hydrogen-bond acceptors (Lipinski definition) is 2. The molecule has 140 valence electrons. The van der Waals surface area contributed by atoms with E-state index in [1.807, 2.05) is 0 Å². The quantitative estimate of drug-likeness (QED) is 0.178. The van der Waals surface area contributed by atoms with Gasteiger partial charge < -0.3 is 9.53 Å². The van der Waals surface area contributed by atoms with Crippen LogP contribution in [-0.4, -0.2) is 18.0 Å². The van der Waals surface area contributed by atoms with Crippen molar-refractivity contribution >= 4 is 33.5 Å². The number of carbonyl (C=O) groups is 1. The Morgan fingerprint density at radius 2 is 1.84 bits per heavy atom. The van der Waals surface area contributed by atoms with Crippen LogP contribution in [-0.2, 0) is 22.7 Å². The number of ether oxygens (including phenoxy) is 1. The second kappa shape index (κ2) is 8.13. The maximum atomic E-state index is 10.3. The van der Waals surface area contributed by atoms with E-state index in [2.05, 4.69) is 74.9 Å². The Bertz CT molecular complexity index is 527. The van der Waals surface area contributed by atoms with Gasteiger partial charge in [0.2, 0.25) is 0 Å². The summed E-state index contributed by atoms with van der Waals surface area (Å²) in [5.74, 6) is 2.37. The van der Waals surface area contributed by atoms with Gasteiger partial charge in [0.25, 0.3) is 0 Å². The Hall–Kier alpha value is 0.953. The maximum absolute atomic E-state index is 10.3. The van der Waals surface area contributed by atoms with Crippen molar-refractivity contribution in [2.75, 3.05) is 0 Å². The van der Waals surface area contributed by atoms with Crippen LogP contribution in [0.3, 0.4) is 0 Å². The third-order valence-corrected chi connectivity index (χ3v) is 7.77. The van der Waals surface area contributed by atoms with Crippen LogP contribution in [0.5, 0.6) is 0 Å². The van der Waals surface area contributed by atoms with Crippen LogP contribution in [0.15, 0.2) is 11.6 Å². The van der Waals surface area contributed by atoms with Crippen LogP contribution < -0.4 is 0 Å². The van der Waals surface area contributed by atoms with E-state index >= 15 is 0 Å². The van der Waals surface area contributed by atoms with Gasteiger partial charge in [0.05, 0.1) is 11.7 Å². The molecule has 2 bridgehead atoms. The third kappa shape index (κ3) is 4.20. The van der Waals surface area contributed by atoms with Crippen molar-refractivity contribution in [2.45, 2.75) is 78.9 Å². The van der Waals surface area contributed by atoms with Crippen molar-refractivity contribution < 1.29 is 22.7 Å². The molecule has 4 fully saturated rings. The molecule has 0 aromatic carbocycles. The summed E-state index contributed by atoms with van der Waals surface area (Å²) in [5, 5.41) is 0. The van der Waals surface area contributed by atoms with Gasteiger partial charge in [-0.05, 0) is 61.7 Å². The Labute approximate surface area is 174 Å². The Morgan fingerprint density at radius 3 is 2.20 bits per heavy atom. The molecule has 1 heterocycles. The molecule has 0 amide bonds. The Morgan fingerprint density at radius 1 is 1.24 bits per heavy atom. The van der Waals surface area contributed by atoms with Gasteiger partial charge in [-0.15, -0.1) is 0 Å². The van der Waals surface area contributed by atoms with E-state index in [1.165, 1.54) is 18.4 Å². The summed E-state index contributed by atoms with van der Waals surface area (Å²) >= 11 is 6.25. The van der Waals surface area contributed by atoms with Gasteiger partial charge in [0.1, 0.15) is 6.29 Å². The fraction of sp³-hybridized carbons (Fsp3) is 0.850. The molecule has 0 aromatic rings. The Kier molecular flexibility index (Phi) is 7.24. The van der Waals surface area contributed by atoms with E-state index in [1.54, 1.807) is 0 Å². The third-order valence-electron chi connectivity index (χ3n) is 7.77. The topological polar surface area (TPSA) is 29.6 Å². The van der Waals surface area contributed by atoms with Crippen molar-refractivity contribution in [3.63, 3.8) is 0 Å². The summed E-state index contributed by atoms with van der Waals surface area (Å²) in [4.78, 5) is 10.3. The monoisotopic (exact) mass is 526 g/mol. The minimum atomic E-state index is -0.250. The van der Waals surface area contributed by atoms with Crippen LogP contribution in [0.4, 0.5) is 0 Å². The van der Waals surface area contributed by atoms with E-state index in [0.29, 0.717) is 29.5 Å². The molecule has 0 N–H and O–H groups in total. The van der Waals surface area contributed by atoms with Gasteiger partial charge in [-0.1, -0.05) is 39.3 Å². The number of halogens is 2. The molecule has 5 unspecified atom stereocenters. The molecule has 4 aliphatic carbocycles. The number of allylic oxidation sites excluding steroid dienone is 2. The fourth-order valence-corrected chi connectivity index (χ4v) is 5.21. The molecule has 0 aromatic heterocycles. The fourth-order valence-electron chi connectivity index (χ4n) is 5.21. The molecule has 1 saturated heterocycles. The summed E-state index contributed by atoms with van der Waals surface area (Å²) in [6, 6.07) is 0. The van der Waals surface area contributed by atoms with Gasteiger partial charge in [-0.2, -0.15) is 0 Å². The molecule has 5 aliphatic rings. The van der Waals surface area contributed by atoms with Crippen molar-refractivity contribution in [1.82, 2.24) is 0 Å². The van der Waals surface area contributed by atoms with Crippen LogP contribution >= 0.6 is 27.2 Å². The molecular formula is C20H32Br2O2Zn. The first-order valence-corrected chi connectivity index (χ1v) is 23.4. The zero-order valence-electron chi connectivity index (χ0n) is 16.6. The second-order valence-electron chi connectivity index (χ2n) is 9.38. The predicted octanol–water partition coefficient (Wildman–Crippen LogP) is 6.47. The standard InChI is InChI=1S/2C10H16O.2BrH.Zn/c1-9(2)6-4-7(9)10(3)8(5-6)11-10;1-8-4-5-9(6-7-11)10(8,2)3;;;/h6-8H,4-5H2,1-3H3;4,7,9H,5-6H2,1-3H3;2*1H;/q;;;;+2/p-2. The van der Waals surface area contributed by atoms with E-state index in [-0.39, 0.29) is 18.6 Å². The number of aldehydes is 1. The van der Waals surface area contributed by atoms with Crippen LogP contribution in [0.25, 0.3) is 0 Å². The first-order chi connectivity index (χ1) is 11.6. The molecular weight excluding hydrogens is 497 g/mol. The molecule has 3 saturated carbocycles. The van der Waals surface area contributed by atoms with E-state index in [0.717, 1.165) is 24.5 Å². The van der Waals surface area contributed by atoms with Crippen LogP contribution in [0.1, 0.15) is 67.2 Å². The number of rotatable bonds is 2. The van der Waals surface area contributed by atoms with E-state index in [9.17, 15) is 4.79 Å². The van der Waals surface area contributed by atoms with Crippen molar-refractivity contribution in [1.29, 1.82) is 0 Å². The molecule has 2 nitrogen and oxygen atoms in total. The minimum absolute atomic E-state index is 0.250. The van der Waals surface area contributed by atoms with Gasteiger partial charge in [0.15, 0.2) is 0 Å². The van der Waals surface area contributed by atoms with Gasteiger partial charge >= 0.3 is 40.5 Å². The number of epoxide rings is 1. The molecule has 0 radical (unpaired) electrons. The molecule has 5 atom stereocenters. The number of hydrogen-bond donors (Lipinski definition) is 0. The van der Waals surface area contributed by atoms with Crippen LogP contribution in [0, 0.1) is 28.6 Å². The first-order valence-electron chi connectivity index (χ1n) is 9.46. The summed E-state index contributed by atoms with van der Waals surface area (Å²) < 4.78 is 5.75. The summed E-state index contributed by atoms with van der Waals surface area (Å²) in [6.07, 6.45) is 8.49. The zero-order valence-corrected chi connectivity index (χ0v) is 22.7. The van der Waals surface area contributed by atoms with Gasteiger partial charge in [-0.3, -0.25) is 0 Å². The molecule has 5 rings (SSSR count). The normalized spacial score (nSPS) is 40.6. The molecule has 0 spiro atoms. The Balaban J connectivity index is 0.000000156. The van der Waals surface area contributed by atoms with Crippen LogP contribution in [0.2, 0.25) is 0 Å². The van der Waals surface area contributed by atoms with Crippen molar-refractivity contribution in [3.8, 4) is 0 Å². The summed E-state index contributed by atoms with van der Waals surface area (Å²) in [6.45, 7) is 13.7. The van der Waals surface area contributed by atoms with Crippen molar-refractivity contribution in [2.24, 2.45) is 28.6 Å². The zero-order chi connectivity index (χ0) is 19.0. The van der Waals surface area contributed by atoms with E-state index < -0.39 is 0 Å². The summed E-state index contributed by atoms with van der Waals surface area (Å²) in [5.41, 5.74) is 2.57. The number of carbonyl (C=O) groups excluding carboxylic acids is 1.